The van der Waals surface area contributed by atoms with Crippen LogP contribution in [-0.4, -0.2) is 32.9 Å². The number of rotatable bonds is 6. The number of ether oxygens (including phenoxy) is 1. The van der Waals surface area contributed by atoms with Gasteiger partial charge in [-0.25, -0.2) is 9.36 Å². The third kappa shape index (κ3) is 4.96. The molecule has 0 rings (SSSR count). The summed E-state index contributed by atoms with van der Waals surface area (Å²) in [6.45, 7) is 1.18. The molecule has 0 aromatic rings. The molecule has 0 heterocycles. The van der Waals surface area contributed by atoms with Gasteiger partial charge < -0.3 is 4.74 Å². The van der Waals surface area contributed by atoms with Crippen LogP contribution in [0.5, 0.6) is 0 Å². The van der Waals surface area contributed by atoms with E-state index in [1.54, 1.807) is 0 Å². The summed E-state index contributed by atoms with van der Waals surface area (Å²) in [5, 5.41) is 0. The molecule has 15 heavy (non-hydrogen) atoms. The maximum absolute atomic E-state index is 11.4. The van der Waals surface area contributed by atoms with Crippen LogP contribution in [-0.2, 0) is 27.7 Å². The second kappa shape index (κ2) is 6.59. The van der Waals surface area contributed by atoms with E-state index in [0.717, 1.165) is 14.2 Å². The second-order valence-corrected chi connectivity index (χ2v) is 4.21. The average Bonchev–Trinajstić information content (AvgIpc) is 2.25. The van der Waals surface area contributed by atoms with E-state index in [-0.39, 0.29) is 6.61 Å². The molecule has 6 nitrogen and oxygen atoms in total. The number of hydrogen-bond acceptors (Lipinski definition) is 6. The predicted molar refractivity (Wildman–Crippen MR) is 52.0 cm³/mol. The van der Waals surface area contributed by atoms with E-state index in [1.807, 2.05) is 0 Å². The Labute approximate surface area is 88.5 Å². The van der Waals surface area contributed by atoms with Crippen molar-refractivity contribution in [3.8, 4) is 12.3 Å². The Morgan fingerprint density at radius 2 is 2.00 bits per heavy atom. The van der Waals surface area contributed by atoms with E-state index >= 15 is 0 Å². The Bertz CT molecular complexity index is 286. The van der Waals surface area contributed by atoms with Crippen LogP contribution in [0.15, 0.2) is 0 Å². The van der Waals surface area contributed by atoms with Crippen LogP contribution in [0.3, 0.4) is 0 Å². The fourth-order valence-electron chi connectivity index (χ4n) is 0.627. The molecule has 0 amide bonds. The molecule has 0 aliphatic heterocycles. The summed E-state index contributed by atoms with van der Waals surface area (Å²) in [7, 11) is -1.39. The Morgan fingerprint density at radius 1 is 1.47 bits per heavy atom. The van der Waals surface area contributed by atoms with E-state index in [4.69, 9.17) is 10.9 Å². The van der Waals surface area contributed by atoms with Gasteiger partial charge in [0.2, 0.25) is 0 Å². The molecule has 0 radical (unpaired) electrons. The lowest BCUT2D eigenvalue weighted by atomic mass is 10.4. The third-order valence-corrected chi connectivity index (χ3v) is 2.83. The Kier molecular flexibility index (Phi) is 6.21. The number of carbonyl (C=O) groups excluding carboxylic acids is 1. The number of hydrogen-bond donors (Lipinski definition) is 0. The lowest BCUT2D eigenvalue weighted by Gasteiger charge is -2.17. The first-order chi connectivity index (χ1) is 6.99. The number of phosphoric acid groups is 1. The molecule has 0 unspecified atom stereocenters. The van der Waals surface area contributed by atoms with Crippen molar-refractivity contribution in [1.82, 2.24) is 0 Å². The van der Waals surface area contributed by atoms with E-state index in [2.05, 4.69) is 19.7 Å². The van der Waals surface area contributed by atoms with Gasteiger partial charge in [-0.15, -0.1) is 6.42 Å². The monoisotopic (exact) mass is 236 g/mol. The number of terminal acetylenes is 1. The molecular formula is C8H13O6P. The molecule has 0 aliphatic rings. The minimum Gasteiger partial charge on any atom is -0.451 e. The smallest absolute Gasteiger partial charge is 0.451 e. The highest BCUT2D eigenvalue weighted by atomic mass is 31.2. The molecular weight excluding hydrogens is 223 g/mol. The Balaban J connectivity index is 4.24. The predicted octanol–water partition coefficient (Wildman–Crippen LogP) is 0.969. The number of esters is 1. The van der Waals surface area contributed by atoms with Gasteiger partial charge in [0.25, 0.3) is 0 Å². The topological polar surface area (TPSA) is 71.1 Å². The molecule has 86 valence electrons. The van der Waals surface area contributed by atoms with Gasteiger partial charge in [-0.2, -0.15) is 0 Å². The van der Waals surface area contributed by atoms with Crippen LogP contribution in [0, 0.1) is 12.3 Å². The van der Waals surface area contributed by atoms with E-state index in [9.17, 15) is 9.36 Å². The number of phosphoric ester groups is 1. The highest BCUT2D eigenvalue weighted by molar-refractivity contribution is 7.48. The van der Waals surface area contributed by atoms with Gasteiger partial charge in [-0.1, -0.05) is 5.92 Å². The van der Waals surface area contributed by atoms with Crippen LogP contribution in [0.1, 0.15) is 6.92 Å². The van der Waals surface area contributed by atoms with Crippen molar-refractivity contribution in [3.63, 3.8) is 0 Å². The minimum absolute atomic E-state index is 0.170. The molecule has 0 spiro atoms. The van der Waals surface area contributed by atoms with Crippen LogP contribution < -0.4 is 0 Å². The summed E-state index contributed by atoms with van der Waals surface area (Å²) in [5.41, 5.74) is 0. The van der Waals surface area contributed by atoms with Gasteiger partial charge >= 0.3 is 13.8 Å². The normalized spacial score (nSPS) is 12.9. The number of carbonyl (C=O) groups is 1. The molecule has 0 N–H and O–H groups in total. The third-order valence-electron chi connectivity index (χ3n) is 1.36. The largest absolute Gasteiger partial charge is 0.475 e. The summed E-state index contributed by atoms with van der Waals surface area (Å²) in [4.78, 5) is 11.1. The molecule has 0 saturated heterocycles. The highest BCUT2D eigenvalue weighted by Gasteiger charge is 2.30. The van der Waals surface area contributed by atoms with Crippen molar-refractivity contribution < 1.29 is 27.7 Å². The van der Waals surface area contributed by atoms with Crippen molar-refractivity contribution in [1.29, 1.82) is 0 Å². The van der Waals surface area contributed by atoms with E-state index in [0.29, 0.717) is 0 Å². The fourth-order valence-corrected chi connectivity index (χ4v) is 1.42. The average molecular weight is 236 g/mol. The molecule has 0 fully saturated rings. The summed E-state index contributed by atoms with van der Waals surface area (Å²) in [6, 6.07) is 0. The zero-order valence-corrected chi connectivity index (χ0v) is 9.65. The van der Waals surface area contributed by atoms with Crippen LogP contribution in [0.2, 0.25) is 0 Å². The highest BCUT2D eigenvalue weighted by Crippen LogP contribution is 2.48. The minimum atomic E-state index is -3.68. The van der Waals surface area contributed by atoms with Gasteiger partial charge in [0.05, 0.1) is 0 Å². The SMILES string of the molecule is C#CCOC(=O)[C@@H](C)OP(=O)(OC)OC. The summed E-state index contributed by atoms with van der Waals surface area (Å²) in [6.07, 6.45) is 3.80. The lowest BCUT2D eigenvalue weighted by Crippen LogP contribution is -2.23. The standard InChI is InChI=1S/C8H13O6P/c1-5-6-13-8(9)7(2)14-15(10,11-3)12-4/h1,7H,6H2,2-4H3/t7-/m1/s1. The Hall–Kier alpha value is -0.860. The fraction of sp³-hybridized carbons (Fsp3) is 0.625. The van der Waals surface area contributed by atoms with Crippen molar-refractivity contribution in [2.45, 2.75) is 13.0 Å². The molecule has 0 aliphatic carbocycles. The first kappa shape index (κ1) is 14.1. The lowest BCUT2D eigenvalue weighted by molar-refractivity contribution is -0.150. The van der Waals surface area contributed by atoms with Gasteiger partial charge in [0.15, 0.2) is 12.7 Å². The maximum atomic E-state index is 11.4. The van der Waals surface area contributed by atoms with Crippen LogP contribution in [0.25, 0.3) is 0 Å². The van der Waals surface area contributed by atoms with E-state index < -0.39 is 19.9 Å². The molecule has 0 bridgehead atoms. The molecule has 7 heteroatoms. The van der Waals surface area contributed by atoms with Gasteiger partial charge in [0, 0.05) is 14.2 Å². The van der Waals surface area contributed by atoms with Crippen LogP contribution in [0.4, 0.5) is 0 Å². The van der Waals surface area contributed by atoms with Crippen LogP contribution >= 0.6 is 7.82 Å². The first-order valence-electron chi connectivity index (χ1n) is 3.99. The Morgan fingerprint density at radius 3 is 2.40 bits per heavy atom. The zero-order valence-electron chi connectivity index (χ0n) is 8.76. The quantitative estimate of drug-likeness (QED) is 0.388. The summed E-state index contributed by atoms with van der Waals surface area (Å²) < 4.78 is 29.7. The van der Waals surface area contributed by atoms with Gasteiger partial charge in [-0.05, 0) is 6.92 Å². The molecule has 0 saturated carbocycles. The summed E-state index contributed by atoms with van der Waals surface area (Å²) >= 11 is 0. The van der Waals surface area contributed by atoms with Crippen molar-refractivity contribution in [3.05, 3.63) is 0 Å². The van der Waals surface area contributed by atoms with Gasteiger partial charge in [0.1, 0.15) is 0 Å². The van der Waals surface area contributed by atoms with Crippen molar-refractivity contribution in [2.24, 2.45) is 0 Å². The maximum Gasteiger partial charge on any atom is 0.475 e. The van der Waals surface area contributed by atoms with E-state index in [1.165, 1.54) is 6.92 Å². The first-order valence-corrected chi connectivity index (χ1v) is 5.45. The zero-order chi connectivity index (χ0) is 11.9. The van der Waals surface area contributed by atoms with Gasteiger partial charge in [-0.3, -0.25) is 13.6 Å². The summed E-state index contributed by atoms with van der Waals surface area (Å²) in [5.74, 6) is 1.38. The second-order valence-electron chi connectivity index (χ2n) is 2.37. The van der Waals surface area contributed by atoms with Crippen molar-refractivity contribution in [2.75, 3.05) is 20.8 Å². The molecule has 0 aromatic heterocycles. The molecule has 0 aromatic carbocycles. The van der Waals surface area contributed by atoms with Crippen molar-refractivity contribution >= 4 is 13.8 Å². The molecule has 1 atom stereocenters.